The van der Waals surface area contributed by atoms with Crippen LogP contribution in [0.25, 0.3) is 0 Å². The van der Waals surface area contributed by atoms with Crippen molar-refractivity contribution in [1.82, 2.24) is 0 Å². The van der Waals surface area contributed by atoms with Crippen LogP contribution in [0.5, 0.6) is 0 Å². The van der Waals surface area contributed by atoms with E-state index in [1.807, 2.05) is 0 Å². The predicted molar refractivity (Wildman–Crippen MR) is 88.4 cm³/mol. The van der Waals surface area contributed by atoms with Gasteiger partial charge in [0.2, 0.25) is 0 Å². The van der Waals surface area contributed by atoms with E-state index < -0.39 is 18.0 Å². The summed E-state index contributed by atoms with van der Waals surface area (Å²) in [6.07, 6.45) is 12.6. The van der Waals surface area contributed by atoms with E-state index in [1.54, 1.807) is 6.92 Å². The van der Waals surface area contributed by atoms with Gasteiger partial charge in [0.15, 0.2) is 0 Å². The monoisotopic (exact) mass is 300 g/mol. The normalized spacial score (nSPS) is 14.3. The lowest BCUT2D eigenvalue weighted by molar-refractivity contribution is -0.144. The molecule has 0 aliphatic rings. The molecule has 3 heteroatoms. The summed E-state index contributed by atoms with van der Waals surface area (Å²) in [5, 5.41) is 18.5. The fraction of sp³-hybridized carbons (Fsp3) is 0.944. The second-order valence-electron chi connectivity index (χ2n) is 6.85. The van der Waals surface area contributed by atoms with E-state index in [-0.39, 0.29) is 0 Å². The summed E-state index contributed by atoms with van der Waals surface area (Å²) in [7, 11) is 0. The summed E-state index contributed by atoms with van der Waals surface area (Å²) in [4.78, 5) is 10.7. The molecule has 0 heterocycles. The van der Waals surface area contributed by atoms with Crippen LogP contribution in [0, 0.1) is 11.8 Å². The first kappa shape index (κ1) is 20.4. The van der Waals surface area contributed by atoms with E-state index in [2.05, 4.69) is 13.8 Å². The molecule has 126 valence electrons. The van der Waals surface area contributed by atoms with Gasteiger partial charge in [0.05, 0.1) is 12.0 Å². The lowest BCUT2D eigenvalue weighted by Gasteiger charge is -2.14. The molecule has 0 saturated carbocycles. The molecule has 0 amide bonds. The lowest BCUT2D eigenvalue weighted by atomic mass is 9.98. The van der Waals surface area contributed by atoms with Crippen LogP contribution in [0.1, 0.15) is 91.4 Å². The lowest BCUT2D eigenvalue weighted by Crippen LogP contribution is -2.25. The van der Waals surface area contributed by atoms with E-state index in [0.29, 0.717) is 6.42 Å². The maximum Gasteiger partial charge on any atom is 0.308 e. The molecule has 0 aliphatic heterocycles. The highest BCUT2D eigenvalue weighted by Crippen LogP contribution is 2.15. The first-order chi connectivity index (χ1) is 9.95. The van der Waals surface area contributed by atoms with Crippen molar-refractivity contribution < 1.29 is 15.0 Å². The molecule has 0 bridgehead atoms. The Labute approximate surface area is 131 Å². The highest BCUT2D eigenvalue weighted by Gasteiger charge is 2.20. The molecule has 0 spiro atoms. The molecule has 21 heavy (non-hydrogen) atoms. The minimum absolute atomic E-state index is 0.614. The van der Waals surface area contributed by atoms with Crippen LogP contribution in [-0.2, 0) is 4.79 Å². The number of aliphatic carboxylic acids is 1. The van der Waals surface area contributed by atoms with Gasteiger partial charge in [-0.25, -0.2) is 0 Å². The molecular formula is C18H36O3. The van der Waals surface area contributed by atoms with Crippen molar-refractivity contribution in [3.05, 3.63) is 0 Å². The first-order valence-electron chi connectivity index (χ1n) is 8.86. The molecule has 2 N–H and O–H groups in total. The second kappa shape index (κ2) is 13.1. The summed E-state index contributed by atoms with van der Waals surface area (Å²) in [5.41, 5.74) is 0. The summed E-state index contributed by atoms with van der Waals surface area (Å²) in [6, 6.07) is 0. The zero-order chi connectivity index (χ0) is 16.1. The Morgan fingerprint density at radius 2 is 1.14 bits per heavy atom. The summed E-state index contributed by atoms with van der Waals surface area (Å²) >= 11 is 0. The summed E-state index contributed by atoms with van der Waals surface area (Å²) in [5.74, 6) is -0.708. The van der Waals surface area contributed by atoms with Crippen LogP contribution in [0.2, 0.25) is 0 Å². The zero-order valence-corrected chi connectivity index (χ0v) is 14.3. The van der Waals surface area contributed by atoms with E-state index >= 15 is 0 Å². The van der Waals surface area contributed by atoms with Gasteiger partial charge in [-0.15, -0.1) is 0 Å². The molecule has 3 nitrogen and oxygen atoms in total. The molecule has 0 aromatic carbocycles. The third kappa shape index (κ3) is 12.9. The van der Waals surface area contributed by atoms with Crippen LogP contribution >= 0.6 is 0 Å². The first-order valence-corrected chi connectivity index (χ1v) is 8.86. The molecular weight excluding hydrogens is 264 g/mol. The molecule has 0 fully saturated rings. The zero-order valence-electron chi connectivity index (χ0n) is 14.3. The minimum Gasteiger partial charge on any atom is -0.481 e. The SMILES string of the molecule is CC(C)CCCCCCCCCCC[C@@H](O)C(C)C(=O)O. The van der Waals surface area contributed by atoms with Gasteiger partial charge in [0.1, 0.15) is 0 Å². The van der Waals surface area contributed by atoms with Crippen molar-refractivity contribution in [2.75, 3.05) is 0 Å². The van der Waals surface area contributed by atoms with Gasteiger partial charge in [-0.05, 0) is 19.3 Å². The fourth-order valence-corrected chi connectivity index (χ4v) is 2.56. The fourth-order valence-electron chi connectivity index (χ4n) is 2.56. The molecule has 1 unspecified atom stereocenters. The minimum atomic E-state index is -0.903. The maximum absolute atomic E-state index is 10.7. The average Bonchev–Trinajstić information content (AvgIpc) is 2.43. The average molecular weight is 300 g/mol. The molecule has 0 rings (SSSR count). The van der Waals surface area contributed by atoms with Crippen molar-refractivity contribution in [1.29, 1.82) is 0 Å². The molecule has 0 aromatic rings. The second-order valence-corrected chi connectivity index (χ2v) is 6.85. The standard InChI is InChI=1S/C18H36O3/c1-15(2)13-11-9-7-5-4-6-8-10-12-14-17(19)16(3)18(20)21/h15-17,19H,4-14H2,1-3H3,(H,20,21)/t16?,17-/m1/s1. The number of carboxylic acids is 1. The van der Waals surface area contributed by atoms with Crippen LogP contribution < -0.4 is 0 Å². The van der Waals surface area contributed by atoms with Crippen LogP contribution in [0.3, 0.4) is 0 Å². The molecule has 0 aliphatic carbocycles. The predicted octanol–water partition coefficient (Wildman–Crippen LogP) is 5.02. The van der Waals surface area contributed by atoms with Gasteiger partial charge in [-0.2, -0.15) is 0 Å². The Hall–Kier alpha value is -0.570. The highest BCUT2D eigenvalue weighted by molar-refractivity contribution is 5.70. The van der Waals surface area contributed by atoms with Crippen molar-refractivity contribution in [2.24, 2.45) is 11.8 Å². The molecule has 2 atom stereocenters. The van der Waals surface area contributed by atoms with E-state index in [4.69, 9.17) is 5.11 Å². The molecule has 0 aromatic heterocycles. The number of aliphatic hydroxyl groups is 1. The maximum atomic E-state index is 10.7. The number of unbranched alkanes of at least 4 members (excludes halogenated alkanes) is 8. The quantitative estimate of drug-likeness (QED) is 0.443. The third-order valence-electron chi connectivity index (χ3n) is 4.25. The van der Waals surface area contributed by atoms with Crippen molar-refractivity contribution in [3.63, 3.8) is 0 Å². The summed E-state index contributed by atoms with van der Waals surface area (Å²) < 4.78 is 0. The number of carboxylic acid groups (broad SMARTS) is 1. The highest BCUT2D eigenvalue weighted by atomic mass is 16.4. The summed E-state index contributed by atoms with van der Waals surface area (Å²) in [6.45, 7) is 6.15. The Morgan fingerprint density at radius 1 is 0.762 bits per heavy atom. The van der Waals surface area contributed by atoms with Crippen LogP contribution in [-0.4, -0.2) is 22.3 Å². The number of rotatable bonds is 14. The number of hydrogen-bond donors (Lipinski definition) is 2. The Morgan fingerprint density at radius 3 is 1.52 bits per heavy atom. The van der Waals surface area contributed by atoms with Gasteiger partial charge in [-0.3, -0.25) is 4.79 Å². The van der Waals surface area contributed by atoms with E-state index in [0.717, 1.165) is 18.8 Å². The van der Waals surface area contributed by atoms with Crippen LogP contribution in [0.15, 0.2) is 0 Å². The number of carbonyl (C=O) groups is 1. The Kier molecular flexibility index (Phi) is 12.8. The van der Waals surface area contributed by atoms with Gasteiger partial charge in [0, 0.05) is 0 Å². The molecule has 0 saturated heterocycles. The van der Waals surface area contributed by atoms with Crippen molar-refractivity contribution in [2.45, 2.75) is 97.5 Å². The van der Waals surface area contributed by atoms with Gasteiger partial charge < -0.3 is 10.2 Å². The van der Waals surface area contributed by atoms with Crippen molar-refractivity contribution in [3.8, 4) is 0 Å². The van der Waals surface area contributed by atoms with Crippen molar-refractivity contribution >= 4 is 5.97 Å². The third-order valence-corrected chi connectivity index (χ3v) is 4.25. The Balaban J connectivity index is 3.24. The Bertz CT molecular complexity index is 251. The largest absolute Gasteiger partial charge is 0.481 e. The van der Waals surface area contributed by atoms with Gasteiger partial charge in [-0.1, -0.05) is 78.1 Å². The van der Waals surface area contributed by atoms with E-state index in [9.17, 15) is 9.90 Å². The van der Waals surface area contributed by atoms with Crippen LogP contribution in [0.4, 0.5) is 0 Å². The van der Waals surface area contributed by atoms with Gasteiger partial charge in [0.25, 0.3) is 0 Å². The van der Waals surface area contributed by atoms with E-state index in [1.165, 1.54) is 51.4 Å². The van der Waals surface area contributed by atoms with Gasteiger partial charge >= 0.3 is 5.97 Å². The topological polar surface area (TPSA) is 57.5 Å². The number of hydrogen-bond acceptors (Lipinski definition) is 2. The smallest absolute Gasteiger partial charge is 0.308 e. The number of aliphatic hydroxyl groups excluding tert-OH is 1. The molecule has 0 radical (unpaired) electrons.